The van der Waals surface area contributed by atoms with Crippen LogP contribution in [0.2, 0.25) is 0 Å². The molecule has 0 saturated carbocycles. The highest BCUT2D eigenvalue weighted by Gasteiger charge is 2.08. The van der Waals surface area contributed by atoms with Crippen LogP contribution in [0.5, 0.6) is 5.75 Å². The number of pyridine rings is 1. The summed E-state index contributed by atoms with van der Waals surface area (Å²) in [6, 6.07) is 9.11. The highest BCUT2D eigenvalue weighted by atomic mass is 19.1. The zero-order valence-electron chi connectivity index (χ0n) is 18.4. The molecule has 0 aliphatic rings. The summed E-state index contributed by atoms with van der Waals surface area (Å²) in [7, 11) is 0. The van der Waals surface area contributed by atoms with E-state index in [0.717, 1.165) is 12.8 Å². The fourth-order valence-electron chi connectivity index (χ4n) is 3.53. The van der Waals surface area contributed by atoms with E-state index in [1.807, 2.05) is 18.3 Å². The van der Waals surface area contributed by atoms with Crippen LogP contribution in [0.1, 0.15) is 90.0 Å². The number of nitrogens with zero attached hydrogens (tertiary/aromatic N) is 1. The lowest BCUT2D eigenvalue weighted by molar-refractivity contribution is 0.303. The minimum Gasteiger partial charge on any atom is -0.493 e. The predicted molar refractivity (Wildman–Crippen MR) is 121 cm³/mol. The monoisotopic (exact) mass is 399 g/mol. The highest BCUT2D eigenvalue weighted by Crippen LogP contribution is 2.25. The second-order valence-corrected chi connectivity index (χ2v) is 7.97. The van der Waals surface area contributed by atoms with Gasteiger partial charge < -0.3 is 4.74 Å². The maximum Gasteiger partial charge on any atom is 0.136 e. The van der Waals surface area contributed by atoms with Crippen LogP contribution in [0.15, 0.2) is 36.5 Å². The van der Waals surface area contributed by atoms with Crippen molar-refractivity contribution in [2.24, 2.45) is 0 Å². The lowest BCUT2D eigenvalue weighted by Crippen LogP contribution is -1.98. The first-order valence-corrected chi connectivity index (χ1v) is 11.6. The molecule has 3 heteroatoms. The Balaban J connectivity index is 1.78. The molecule has 0 aliphatic carbocycles. The van der Waals surface area contributed by atoms with Gasteiger partial charge in [-0.05, 0) is 43.0 Å². The molecule has 2 rings (SSSR count). The van der Waals surface area contributed by atoms with Crippen molar-refractivity contribution >= 4 is 0 Å². The molecule has 29 heavy (non-hydrogen) atoms. The van der Waals surface area contributed by atoms with Gasteiger partial charge in [-0.15, -0.1) is 0 Å². The topological polar surface area (TPSA) is 22.1 Å². The molecule has 0 bridgehead atoms. The fourth-order valence-corrected chi connectivity index (χ4v) is 3.53. The van der Waals surface area contributed by atoms with E-state index in [-0.39, 0.29) is 5.82 Å². The number of aromatic nitrogens is 1. The van der Waals surface area contributed by atoms with Crippen LogP contribution in [-0.2, 0) is 6.42 Å². The van der Waals surface area contributed by atoms with Crippen molar-refractivity contribution in [3.8, 4) is 17.0 Å². The quantitative estimate of drug-likeness (QED) is 0.282. The first-order valence-electron chi connectivity index (χ1n) is 11.6. The Morgan fingerprint density at radius 3 is 2.14 bits per heavy atom. The van der Waals surface area contributed by atoms with Crippen molar-refractivity contribution in [2.75, 3.05) is 6.61 Å². The van der Waals surface area contributed by atoms with Gasteiger partial charge in [-0.3, -0.25) is 4.98 Å². The van der Waals surface area contributed by atoms with Crippen LogP contribution in [0.4, 0.5) is 4.39 Å². The van der Waals surface area contributed by atoms with Crippen LogP contribution in [0, 0.1) is 5.82 Å². The van der Waals surface area contributed by atoms with Gasteiger partial charge in [0.15, 0.2) is 0 Å². The Morgan fingerprint density at radius 2 is 1.48 bits per heavy atom. The van der Waals surface area contributed by atoms with E-state index in [2.05, 4.69) is 24.9 Å². The SMILES string of the molecule is CCCCCCCCOc1ccc(-c2ccc(CCCCCCC)cn2)c(F)c1. The average molecular weight is 400 g/mol. The second-order valence-electron chi connectivity index (χ2n) is 7.97. The molecule has 0 spiro atoms. The molecule has 1 aromatic carbocycles. The number of ether oxygens (including phenoxy) is 1. The van der Waals surface area contributed by atoms with Crippen molar-refractivity contribution in [1.82, 2.24) is 4.98 Å². The minimum atomic E-state index is -0.273. The number of hydrogen-bond acceptors (Lipinski definition) is 2. The molecular formula is C26H38FNO. The number of aryl methyl sites for hydroxylation is 1. The first kappa shape index (κ1) is 23.4. The van der Waals surface area contributed by atoms with Crippen LogP contribution in [0.25, 0.3) is 11.3 Å². The lowest BCUT2D eigenvalue weighted by Gasteiger charge is -2.09. The molecule has 0 amide bonds. The Kier molecular flexibility index (Phi) is 11.4. The largest absolute Gasteiger partial charge is 0.493 e. The normalized spacial score (nSPS) is 11.0. The summed E-state index contributed by atoms with van der Waals surface area (Å²) in [6.07, 6.45) is 16.6. The maximum atomic E-state index is 14.6. The summed E-state index contributed by atoms with van der Waals surface area (Å²) >= 11 is 0. The highest BCUT2D eigenvalue weighted by molar-refractivity contribution is 5.61. The Labute approximate surface area is 176 Å². The summed E-state index contributed by atoms with van der Waals surface area (Å²) in [4.78, 5) is 4.48. The molecule has 0 fully saturated rings. The zero-order valence-corrected chi connectivity index (χ0v) is 18.4. The third-order valence-corrected chi connectivity index (χ3v) is 5.38. The van der Waals surface area contributed by atoms with Gasteiger partial charge in [0.1, 0.15) is 11.6 Å². The molecular weight excluding hydrogens is 361 g/mol. The van der Waals surface area contributed by atoms with Crippen molar-refractivity contribution in [3.05, 3.63) is 47.9 Å². The zero-order chi connectivity index (χ0) is 20.7. The molecule has 0 saturated heterocycles. The summed E-state index contributed by atoms with van der Waals surface area (Å²) in [5.41, 5.74) is 2.44. The summed E-state index contributed by atoms with van der Waals surface area (Å²) < 4.78 is 20.3. The van der Waals surface area contributed by atoms with Gasteiger partial charge in [0, 0.05) is 17.8 Å². The second kappa shape index (κ2) is 14.1. The van der Waals surface area contributed by atoms with Crippen LogP contribution in [0.3, 0.4) is 0 Å². The van der Waals surface area contributed by atoms with E-state index in [1.54, 1.807) is 6.07 Å². The van der Waals surface area contributed by atoms with Crippen LogP contribution in [-0.4, -0.2) is 11.6 Å². The van der Waals surface area contributed by atoms with E-state index in [0.29, 0.717) is 23.6 Å². The van der Waals surface area contributed by atoms with E-state index >= 15 is 0 Å². The molecule has 0 N–H and O–H groups in total. The minimum absolute atomic E-state index is 0.273. The number of hydrogen-bond donors (Lipinski definition) is 0. The van der Waals surface area contributed by atoms with Crippen molar-refractivity contribution < 1.29 is 9.13 Å². The van der Waals surface area contributed by atoms with E-state index in [1.165, 1.54) is 75.8 Å². The van der Waals surface area contributed by atoms with Crippen LogP contribution < -0.4 is 4.74 Å². The van der Waals surface area contributed by atoms with Gasteiger partial charge in [0.2, 0.25) is 0 Å². The summed E-state index contributed by atoms with van der Waals surface area (Å²) in [5, 5.41) is 0. The molecule has 0 unspecified atom stereocenters. The van der Waals surface area contributed by atoms with Crippen LogP contribution >= 0.6 is 0 Å². The standard InChI is InChI=1S/C26H38FNO/c1-3-5-7-9-11-13-19-29-23-16-17-24(25(27)20-23)26-18-15-22(21-28-26)14-12-10-8-6-4-2/h15-18,20-21H,3-14,19H2,1-2H3. The van der Waals surface area contributed by atoms with Crippen molar-refractivity contribution in [3.63, 3.8) is 0 Å². The smallest absolute Gasteiger partial charge is 0.136 e. The molecule has 160 valence electrons. The number of rotatable bonds is 15. The van der Waals surface area contributed by atoms with Gasteiger partial charge in [-0.1, -0.05) is 77.7 Å². The number of halogens is 1. The Hall–Kier alpha value is -1.90. The third-order valence-electron chi connectivity index (χ3n) is 5.38. The molecule has 0 radical (unpaired) electrons. The third kappa shape index (κ3) is 8.97. The van der Waals surface area contributed by atoms with Gasteiger partial charge >= 0.3 is 0 Å². The van der Waals surface area contributed by atoms with Gasteiger partial charge in [0.05, 0.1) is 12.3 Å². The van der Waals surface area contributed by atoms with E-state index < -0.39 is 0 Å². The Bertz CT molecular complexity index is 684. The number of benzene rings is 1. The summed E-state index contributed by atoms with van der Waals surface area (Å²) in [6.45, 7) is 5.10. The molecule has 0 atom stereocenters. The van der Waals surface area contributed by atoms with Crippen molar-refractivity contribution in [2.45, 2.75) is 90.9 Å². The molecule has 2 aromatic rings. The van der Waals surface area contributed by atoms with E-state index in [4.69, 9.17) is 4.74 Å². The van der Waals surface area contributed by atoms with Crippen molar-refractivity contribution in [1.29, 1.82) is 0 Å². The van der Waals surface area contributed by atoms with Gasteiger partial charge in [0.25, 0.3) is 0 Å². The predicted octanol–water partition coefficient (Wildman–Crippen LogP) is 8.14. The first-order chi connectivity index (χ1) is 14.2. The maximum absolute atomic E-state index is 14.6. The molecule has 2 nitrogen and oxygen atoms in total. The molecule has 0 aliphatic heterocycles. The number of unbranched alkanes of at least 4 members (excludes halogenated alkanes) is 9. The average Bonchev–Trinajstić information content (AvgIpc) is 2.74. The fraction of sp³-hybridized carbons (Fsp3) is 0.577. The molecule has 1 aromatic heterocycles. The van der Waals surface area contributed by atoms with E-state index in [9.17, 15) is 4.39 Å². The molecule has 1 heterocycles. The Morgan fingerprint density at radius 1 is 0.793 bits per heavy atom. The van der Waals surface area contributed by atoms with Gasteiger partial charge in [-0.25, -0.2) is 4.39 Å². The van der Waals surface area contributed by atoms with Gasteiger partial charge in [-0.2, -0.15) is 0 Å². The summed E-state index contributed by atoms with van der Waals surface area (Å²) in [5.74, 6) is 0.328. The lowest BCUT2D eigenvalue weighted by atomic mass is 10.1.